The predicted octanol–water partition coefficient (Wildman–Crippen LogP) is 3.97. The second kappa shape index (κ2) is 9.59. The molecule has 0 saturated carbocycles. The fourth-order valence-corrected chi connectivity index (χ4v) is 4.82. The highest BCUT2D eigenvalue weighted by Gasteiger charge is 2.48. The minimum atomic E-state index is -1.09. The number of ketones is 1. The van der Waals surface area contributed by atoms with E-state index < -0.39 is 23.7 Å². The molecule has 1 aromatic heterocycles. The number of aryl methyl sites for hydroxylation is 1. The highest BCUT2D eigenvalue weighted by Crippen LogP contribution is 2.45. The number of aromatic nitrogens is 1. The third-order valence-corrected chi connectivity index (χ3v) is 6.60. The molecule has 35 heavy (non-hydrogen) atoms. The van der Waals surface area contributed by atoms with Gasteiger partial charge in [-0.15, -0.1) is 0 Å². The molecule has 1 fully saturated rings. The maximum absolute atomic E-state index is 13.3. The van der Waals surface area contributed by atoms with Crippen LogP contribution in [-0.2, 0) is 14.3 Å². The Morgan fingerprint density at radius 2 is 1.89 bits per heavy atom. The van der Waals surface area contributed by atoms with Crippen LogP contribution in [0.15, 0.2) is 54.1 Å². The van der Waals surface area contributed by atoms with Crippen LogP contribution in [0, 0.1) is 6.92 Å². The molecule has 1 unspecified atom stereocenters. The molecule has 4 rings (SSSR count). The highest BCUT2D eigenvalue weighted by atomic mass is 32.1. The summed E-state index contributed by atoms with van der Waals surface area (Å²) in [5.41, 5.74) is 0.931. The lowest BCUT2D eigenvalue weighted by Crippen LogP contribution is -2.29. The average Bonchev–Trinajstić information content (AvgIpc) is 3.36. The van der Waals surface area contributed by atoms with Crippen LogP contribution >= 0.6 is 11.3 Å². The Labute approximate surface area is 204 Å². The van der Waals surface area contributed by atoms with E-state index in [0.717, 1.165) is 16.2 Å². The first-order chi connectivity index (χ1) is 16.8. The number of carbonyl (C=O) groups is 3. The lowest BCUT2D eigenvalue weighted by atomic mass is 9.95. The van der Waals surface area contributed by atoms with Crippen molar-refractivity contribution < 1.29 is 34.1 Å². The monoisotopic (exact) mass is 494 g/mol. The van der Waals surface area contributed by atoms with Gasteiger partial charge in [-0.1, -0.05) is 47.7 Å². The van der Waals surface area contributed by atoms with Crippen molar-refractivity contribution in [1.29, 1.82) is 0 Å². The Morgan fingerprint density at radius 1 is 1.17 bits per heavy atom. The van der Waals surface area contributed by atoms with Gasteiger partial charge in [-0.2, -0.15) is 0 Å². The molecule has 0 radical (unpaired) electrons. The number of ether oxygens (including phenoxy) is 2. The standard InChI is InChI=1S/C25H22N2O7S/c1-4-34-24(32)22-13(2)26-25(35-22)27-19(15-10-11-16(28)17(12-15)33-3)18(21(30)23(27)31)20(29)14-8-6-5-7-9-14/h5-12,19,28-29H,4H2,1-3H3/b20-18+. The SMILES string of the molecule is CCOC(=O)c1sc(N2C(=O)C(=O)/C(=C(/O)c3ccccc3)C2c2ccc(O)c(OC)c2)nc1C. The van der Waals surface area contributed by atoms with Crippen molar-refractivity contribution in [2.24, 2.45) is 0 Å². The van der Waals surface area contributed by atoms with E-state index in [2.05, 4.69) is 4.98 Å². The quantitative estimate of drug-likeness (QED) is 0.228. The average molecular weight is 495 g/mol. The maximum Gasteiger partial charge on any atom is 0.350 e. The summed E-state index contributed by atoms with van der Waals surface area (Å²) in [7, 11) is 1.37. The van der Waals surface area contributed by atoms with Crippen molar-refractivity contribution in [3.8, 4) is 11.5 Å². The van der Waals surface area contributed by atoms with E-state index in [1.807, 2.05) is 0 Å². The number of phenols is 1. The van der Waals surface area contributed by atoms with Crippen molar-refractivity contribution >= 4 is 39.9 Å². The number of phenolic OH excluding ortho intramolecular Hbond substituents is 1. The van der Waals surface area contributed by atoms with Crippen LogP contribution in [0.25, 0.3) is 5.76 Å². The van der Waals surface area contributed by atoms with Crippen molar-refractivity contribution in [1.82, 2.24) is 4.98 Å². The minimum absolute atomic E-state index is 0.0943. The fourth-order valence-electron chi connectivity index (χ4n) is 3.83. The summed E-state index contributed by atoms with van der Waals surface area (Å²) in [6.45, 7) is 3.45. The molecule has 2 heterocycles. The molecule has 1 saturated heterocycles. The van der Waals surface area contributed by atoms with Crippen LogP contribution in [0.5, 0.6) is 11.5 Å². The first-order valence-corrected chi connectivity index (χ1v) is 11.5. The highest BCUT2D eigenvalue weighted by molar-refractivity contribution is 7.17. The molecule has 0 aliphatic carbocycles. The summed E-state index contributed by atoms with van der Waals surface area (Å²) < 4.78 is 10.3. The molecule has 9 nitrogen and oxygen atoms in total. The van der Waals surface area contributed by atoms with Gasteiger partial charge in [0.15, 0.2) is 16.6 Å². The van der Waals surface area contributed by atoms with Gasteiger partial charge in [0.05, 0.1) is 31.0 Å². The molecular weight excluding hydrogens is 472 g/mol. The Kier molecular flexibility index (Phi) is 6.57. The number of carbonyl (C=O) groups excluding carboxylic acids is 3. The molecule has 1 amide bonds. The van der Waals surface area contributed by atoms with Gasteiger partial charge < -0.3 is 19.7 Å². The summed E-state index contributed by atoms with van der Waals surface area (Å²) >= 11 is 0.914. The molecule has 1 aliphatic heterocycles. The molecule has 0 bridgehead atoms. The number of benzene rings is 2. The molecule has 0 spiro atoms. The van der Waals surface area contributed by atoms with E-state index in [0.29, 0.717) is 16.8 Å². The van der Waals surface area contributed by atoms with Crippen LogP contribution in [0.1, 0.15) is 39.5 Å². The summed E-state index contributed by atoms with van der Waals surface area (Å²) in [6.07, 6.45) is 0. The molecular formula is C25H22N2O7S. The van der Waals surface area contributed by atoms with E-state index in [9.17, 15) is 24.6 Å². The number of anilines is 1. The summed E-state index contributed by atoms with van der Waals surface area (Å²) in [5.74, 6) is -2.78. The first kappa shape index (κ1) is 24.0. The number of thiazole rings is 1. The second-order valence-electron chi connectivity index (χ2n) is 7.60. The largest absolute Gasteiger partial charge is 0.507 e. The second-order valence-corrected chi connectivity index (χ2v) is 8.58. The number of hydrogen-bond donors (Lipinski definition) is 2. The van der Waals surface area contributed by atoms with Crippen molar-refractivity contribution in [3.05, 3.63) is 75.8 Å². The van der Waals surface area contributed by atoms with Crippen LogP contribution in [0.2, 0.25) is 0 Å². The number of methoxy groups -OCH3 is 1. The molecule has 1 atom stereocenters. The molecule has 1 aliphatic rings. The number of rotatable bonds is 6. The Balaban J connectivity index is 1.94. The number of esters is 1. The molecule has 2 aromatic carbocycles. The molecule has 10 heteroatoms. The van der Waals surface area contributed by atoms with E-state index >= 15 is 0 Å². The van der Waals surface area contributed by atoms with E-state index in [4.69, 9.17) is 9.47 Å². The minimum Gasteiger partial charge on any atom is -0.507 e. The number of nitrogens with zero attached hydrogens (tertiary/aromatic N) is 2. The van der Waals surface area contributed by atoms with Gasteiger partial charge in [0.1, 0.15) is 10.6 Å². The van der Waals surface area contributed by atoms with Crippen LogP contribution < -0.4 is 9.64 Å². The number of aliphatic hydroxyl groups is 1. The van der Waals surface area contributed by atoms with Gasteiger partial charge in [-0.25, -0.2) is 9.78 Å². The topological polar surface area (TPSA) is 126 Å². The van der Waals surface area contributed by atoms with Crippen molar-refractivity contribution in [3.63, 3.8) is 0 Å². The van der Waals surface area contributed by atoms with E-state index in [1.165, 1.54) is 25.3 Å². The van der Waals surface area contributed by atoms with Crippen LogP contribution in [0.4, 0.5) is 5.13 Å². The number of hydrogen-bond acceptors (Lipinski definition) is 9. The summed E-state index contributed by atoms with van der Waals surface area (Å²) in [4.78, 5) is 44.6. The predicted molar refractivity (Wildman–Crippen MR) is 129 cm³/mol. The van der Waals surface area contributed by atoms with E-state index in [-0.39, 0.29) is 39.4 Å². The number of aromatic hydroxyl groups is 1. The molecule has 2 N–H and O–H groups in total. The Bertz CT molecular complexity index is 1350. The zero-order valence-corrected chi connectivity index (χ0v) is 20.0. The summed E-state index contributed by atoms with van der Waals surface area (Å²) in [5, 5.41) is 21.3. The number of amides is 1. The number of Topliss-reactive ketones (excluding diaryl/α,β-unsaturated/α-hetero) is 1. The third kappa shape index (κ3) is 4.24. The van der Waals surface area contributed by atoms with Gasteiger partial charge in [0.25, 0.3) is 5.78 Å². The van der Waals surface area contributed by atoms with Crippen LogP contribution in [-0.4, -0.2) is 46.6 Å². The normalized spacial score (nSPS) is 17.0. The zero-order valence-electron chi connectivity index (χ0n) is 19.1. The lowest BCUT2D eigenvalue weighted by Gasteiger charge is -2.23. The fraction of sp³-hybridized carbons (Fsp3) is 0.200. The Morgan fingerprint density at radius 3 is 2.54 bits per heavy atom. The van der Waals surface area contributed by atoms with Gasteiger partial charge in [-0.3, -0.25) is 14.5 Å². The lowest BCUT2D eigenvalue weighted by molar-refractivity contribution is -0.132. The van der Waals surface area contributed by atoms with Crippen LogP contribution in [0.3, 0.4) is 0 Å². The van der Waals surface area contributed by atoms with Crippen molar-refractivity contribution in [2.45, 2.75) is 19.9 Å². The van der Waals surface area contributed by atoms with E-state index in [1.54, 1.807) is 44.2 Å². The first-order valence-electron chi connectivity index (χ1n) is 10.7. The van der Waals surface area contributed by atoms with Crippen molar-refractivity contribution in [2.75, 3.05) is 18.6 Å². The van der Waals surface area contributed by atoms with Gasteiger partial charge in [0, 0.05) is 5.56 Å². The number of aliphatic hydroxyl groups excluding tert-OH is 1. The van der Waals surface area contributed by atoms with Gasteiger partial charge >= 0.3 is 11.9 Å². The Hall–Kier alpha value is -4.18. The van der Waals surface area contributed by atoms with Gasteiger partial charge in [0.2, 0.25) is 0 Å². The zero-order chi connectivity index (χ0) is 25.3. The van der Waals surface area contributed by atoms with Gasteiger partial charge in [-0.05, 0) is 31.5 Å². The smallest absolute Gasteiger partial charge is 0.350 e. The third-order valence-electron chi connectivity index (χ3n) is 5.46. The summed E-state index contributed by atoms with van der Waals surface area (Å²) in [6, 6.07) is 11.6. The molecule has 3 aromatic rings. The maximum atomic E-state index is 13.3. The molecule has 180 valence electrons.